The van der Waals surface area contributed by atoms with E-state index >= 15 is 0 Å². The molecule has 2 saturated heterocycles. The monoisotopic (exact) mass is 772 g/mol. The highest BCUT2D eigenvalue weighted by Crippen LogP contribution is 2.40. The van der Waals surface area contributed by atoms with Crippen molar-refractivity contribution in [1.29, 1.82) is 0 Å². The van der Waals surface area contributed by atoms with E-state index in [-0.39, 0.29) is 24.1 Å². The first kappa shape index (κ1) is 40.0. The summed E-state index contributed by atoms with van der Waals surface area (Å²) in [7, 11) is -2.57. The Kier molecular flexibility index (Phi) is 12.3. The second kappa shape index (κ2) is 16.6. The number of piperidine rings is 1. The van der Waals surface area contributed by atoms with Gasteiger partial charge >= 0.3 is 6.09 Å². The second-order valence-corrected chi connectivity index (χ2v) is 29.5. The average Bonchev–Trinajstić information content (AvgIpc) is 3.53. The molecule has 11 nitrogen and oxygen atoms in total. The molecule has 2 bridgehead atoms. The smallest absolute Gasteiger partial charge is 0.410 e. The van der Waals surface area contributed by atoms with Crippen molar-refractivity contribution in [3.63, 3.8) is 0 Å². The minimum atomic E-state index is -1.29. The predicted molar refractivity (Wildman–Crippen MR) is 221 cm³/mol. The zero-order chi connectivity index (χ0) is 38.7. The van der Waals surface area contributed by atoms with E-state index in [9.17, 15) is 4.79 Å². The fourth-order valence-corrected chi connectivity index (χ4v) is 8.49. The van der Waals surface area contributed by atoms with Crippen LogP contribution >= 0.6 is 0 Å². The van der Waals surface area contributed by atoms with E-state index in [1.54, 1.807) is 0 Å². The molecule has 1 aromatic carbocycles. The summed E-state index contributed by atoms with van der Waals surface area (Å²) in [5, 5.41) is 4.94. The second-order valence-electron chi connectivity index (χ2n) is 18.3. The van der Waals surface area contributed by atoms with Gasteiger partial charge in [0.25, 0.3) is 0 Å². The van der Waals surface area contributed by atoms with Crippen LogP contribution in [0.15, 0.2) is 60.9 Å². The van der Waals surface area contributed by atoms with Gasteiger partial charge in [0.1, 0.15) is 24.9 Å². The molecule has 0 radical (unpaired) electrons. The lowest BCUT2D eigenvalue weighted by atomic mass is 9.83. The van der Waals surface area contributed by atoms with Crippen LogP contribution in [0.5, 0.6) is 0 Å². The number of benzene rings is 1. The van der Waals surface area contributed by atoms with E-state index in [1.165, 1.54) is 0 Å². The highest BCUT2D eigenvalue weighted by molar-refractivity contribution is 6.76. The lowest BCUT2D eigenvalue weighted by Gasteiger charge is -2.48. The molecule has 2 aliphatic rings. The molecule has 0 N–H and O–H groups in total. The Balaban J connectivity index is 1.37. The number of aromatic nitrogens is 4. The molecule has 2 fully saturated rings. The summed E-state index contributed by atoms with van der Waals surface area (Å²) >= 11 is 0. The van der Waals surface area contributed by atoms with Crippen LogP contribution in [-0.4, -0.2) is 104 Å². The zero-order valence-corrected chi connectivity index (χ0v) is 35.8. The lowest BCUT2D eigenvalue weighted by molar-refractivity contribution is -0.0827. The third kappa shape index (κ3) is 10.4. The molecule has 292 valence electrons. The Hall–Kier alpha value is -3.63. The molecular weight excluding hydrogens is 713 g/mol. The van der Waals surface area contributed by atoms with Gasteiger partial charge in [-0.2, -0.15) is 9.61 Å². The number of amides is 1. The molecule has 13 heteroatoms. The van der Waals surface area contributed by atoms with Crippen molar-refractivity contribution in [2.24, 2.45) is 0 Å². The molecule has 4 aromatic rings. The molecule has 0 aliphatic carbocycles. The number of carbonyl (C=O) groups excluding carboxylic acids is 1. The van der Waals surface area contributed by atoms with E-state index < -0.39 is 21.7 Å². The maximum absolute atomic E-state index is 13.4. The topological polar surface area (TPSA) is 104 Å². The standard InChI is InChI=1S/C41H60N6O5Si2/c1-41(2,3)52-40(48)46-33-21-32(22-34(46)27-51-26-33)37-23-38(45(28-49-17-19-53(4,5)6)29-50-18-20-54(7,8)9)47-39(44-37)35(25-43-47)31-15-16-36(42-24-31)30-13-11-10-12-14-30/h10-16,23-25,32-34H,17-22,26-29H2,1-9H3. The predicted octanol–water partition coefficient (Wildman–Crippen LogP) is 8.77. The van der Waals surface area contributed by atoms with Crippen LogP contribution in [0.3, 0.4) is 0 Å². The van der Waals surface area contributed by atoms with Gasteiger partial charge in [-0.25, -0.2) is 9.78 Å². The molecule has 1 amide bonds. The highest BCUT2D eigenvalue weighted by Gasteiger charge is 2.44. The summed E-state index contributed by atoms with van der Waals surface area (Å²) in [6.45, 7) is 23.0. The van der Waals surface area contributed by atoms with Gasteiger partial charge in [0.15, 0.2) is 5.65 Å². The minimum Gasteiger partial charge on any atom is -0.444 e. The summed E-state index contributed by atoms with van der Waals surface area (Å²) in [5.74, 6) is 0.960. The van der Waals surface area contributed by atoms with E-state index in [2.05, 4.69) is 74.5 Å². The van der Waals surface area contributed by atoms with E-state index in [4.69, 9.17) is 34.0 Å². The number of carbonyl (C=O) groups is 1. The number of hydrogen-bond donors (Lipinski definition) is 0. The van der Waals surface area contributed by atoms with Gasteiger partial charge in [-0.15, -0.1) is 0 Å². The number of anilines is 1. The highest BCUT2D eigenvalue weighted by atomic mass is 28.3. The van der Waals surface area contributed by atoms with Crippen LogP contribution in [-0.2, 0) is 18.9 Å². The SMILES string of the molecule is CC(C)(C)OC(=O)N1C2COCC1CC(c1cc(N(COCC[Si](C)(C)C)COCC[Si](C)(C)C)n3ncc(-c4ccc(-c5ccccc5)nc4)c3n1)C2. The summed E-state index contributed by atoms with van der Waals surface area (Å²) in [4.78, 5) is 27.7. The molecule has 0 spiro atoms. The number of fused-ring (bicyclic) bond motifs is 3. The third-order valence-electron chi connectivity index (χ3n) is 9.97. The van der Waals surface area contributed by atoms with Crippen LogP contribution in [0.25, 0.3) is 28.0 Å². The maximum atomic E-state index is 13.4. The Bertz CT molecular complexity index is 1820. The van der Waals surface area contributed by atoms with Gasteiger partial charge in [-0.3, -0.25) is 9.88 Å². The fourth-order valence-electron chi connectivity index (χ4n) is 6.98. The number of morpholine rings is 1. The van der Waals surface area contributed by atoms with Crippen LogP contribution in [0.4, 0.5) is 10.6 Å². The van der Waals surface area contributed by atoms with E-state index in [1.807, 2.05) is 60.8 Å². The van der Waals surface area contributed by atoms with Crippen molar-refractivity contribution in [1.82, 2.24) is 24.5 Å². The first-order valence-electron chi connectivity index (χ1n) is 19.4. The fraction of sp³-hybridized carbons (Fsp3) is 0.561. The summed E-state index contributed by atoms with van der Waals surface area (Å²) < 4.78 is 26.6. The van der Waals surface area contributed by atoms with Crippen molar-refractivity contribution >= 4 is 33.7 Å². The van der Waals surface area contributed by atoms with Gasteiger partial charge in [0.2, 0.25) is 0 Å². The molecule has 2 unspecified atom stereocenters. The quantitative estimate of drug-likeness (QED) is 0.0707. The molecule has 54 heavy (non-hydrogen) atoms. The molecule has 3 aromatic heterocycles. The molecule has 0 saturated carbocycles. The average molecular weight is 773 g/mol. The summed E-state index contributed by atoms with van der Waals surface area (Å²) in [6.07, 6.45) is 4.96. The van der Waals surface area contributed by atoms with Crippen LogP contribution in [0.1, 0.15) is 45.2 Å². The Morgan fingerprint density at radius 2 is 1.50 bits per heavy atom. The normalized spacial score (nSPS) is 19.3. The number of ether oxygens (including phenoxy) is 4. The van der Waals surface area contributed by atoms with Crippen molar-refractivity contribution in [3.8, 4) is 22.4 Å². The van der Waals surface area contributed by atoms with Gasteiger partial charge in [0, 0.05) is 69.9 Å². The minimum absolute atomic E-state index is 0.0927. The molecule has 2 aliphatic heterocycles. The van der Waals surface area contributed by atoms with Gasteiger partial charge in [-0.1, -0.05) is 75.7 Å². The molecule has 5 heterocycles. The Morgan fingerprint density at radius 3 is 2.06 bits per heavy atom. The number of nitrogens with zero attached hydrogens (tertiary/aromatic N) is 6. The first-order chi connectivity index (χ1) is 25.5. The first-order valence-corrected chi connectivity index (χ1v) is 26.9. The van der Waals surface area contributed by atoms with Gasteiger partial charge in [-0.05, 0) is 51.8 Å². The number of pyridine rings is 1. The van der Waals surface area contributed by atoms with Crippen molar-refractivity contribution in [2.75, 3.05) is 44.8 Å². The number of hydrogen-bond acceptors (Lipinski definition) is 9. The Labute approximate surface area is 323 Å². The molecule has 2 atom stereocenters. The van der Waals surface area contributed by atoms with Crippen LogP contribution < -0.4 is 4.90 Å². The van der Waals surface area contributed by atoms with Crippen LogP contribution in [0.2, 0.25) is 51.4 Å². The maximum Gasteiger partial charge on any atom is 0.410 e. The van der Waals surface area contributed by atoms with E-state index in [0.717, 1.165) is 51.6 Å². The number of rotatable bonds is 14. The Morgan fingerprint density at radius 1 is 0.870 bits per heavy atom. The summed E-state index contributed by atoms with van der Waals surface area (Å²) in [5.41, 5.74) is 4.96. The molecule has 6 rings (SSSR count). The van der Waals surface area contributed by atoms with Crippen molar-refractivity contribution < 1.29 is 23.7 Å². The largest absolute Gasteiger partial charge is 0.444 e. The van der Waals surface area contributed by atoms with Crippen LogP contribution in [0, 0.1) is 0 Å². The third-order valence-corrected chi connectivity index (χ3v) is 13.4. The van der Waals surface area contributed by atoms with Crippen molar-refractivity contribution in [2.45, 2.75) is 109 Å². The van der Waals surface area contributed by atoms with Gasteiger partial charge < -0.3 is 23.8 Å². The summed E-state index contributed by atoms with van der Waals surface area (Å²) in [6, 6.07) is 18.4. The molecular formula is C41H60N6O5Si2. The van der Waals surface area contributed by atoms with Gasteiger partial charge in [0.05, 0.1) is 37.2 Å². The van der Waals surface area contributed by atoms with E-state index in [0.29, 0.717) is 52.7 Å². The zero-order valence-electron chi connectivity index (χ0n) is 33.8. The lowest BCUT2D eigenvalue weighted by Crippen LogP contribution is -2.59. The van der Waals surface area contributed by atoms with Crippen molar-refractivity contribution in [3.05, 3.63) is 66.6 Å².